The molecule has 2 aromatic heterocycles. The monoisotopic (exact) mass is 433 g/mol. The number of aromatic amines is 1. The minimum absolute atomic E-state index is 0.0688. The van der Waals surface area contributed by atoms with Crippen LogP contribution >= 0.6 is 11.8 Å². The Balaban J connectivity index is 1.28. The molecule has 7 heteroatoms. The molecule has 1 saturated heterocycles. The first-order valence-electron chi connectivity index (χ1n) is 9.97. The smallest absolute Gasteiger partial charge is 0.182 e. The number of H-pyrrole nitrogens is 1. The number of fused-ring (bicyclic) bond motifs is 1. The molecule has 0 bridgehead atoms. The van der Waals surface area contributed by atoms with E-state index in [1.165, 1.54) is 12.1 Å². The molecule has 0 amide bonds. The van der Waals surface area contributed by atoms with E-state index in [1.54, 1.807) is 36.3 Å². The molecule has 2 atom stereocenters. The Bertz CT molecular complexity index is 1210. The number of nitrogens with zero attached hydrogens (tertiary/aromatic N) is 1. The van der Waals surface area contributed by atoms with Crippen LogP contribution in [0.15, 0.2) is 73.2 Å². The van der Waals surface area contributed by atoms with Crippen LogP contribution < -0.4 is 10.1 Å². The molecule has 5 nitrogen and oxygen atoms in total. The normalized spacial score (nSPS) is 18.4. The molecule has 2 aromatic carbocycles. The summed E-state index contributed by atoms with van der Waals surface area (Å²) in [5.74, 6) is 1.20. The number of hydrogen-bond acceptors (Lipinski definition) is 5. The standard InChI is InChI=1S/C24H20FN3O2S/c25-17-5-3-15(4-6-17)13-30-18-7-8-19-20(12-27-21(19)10-18)23(29)22-14-31-24(28-22)16-2-1-9-26-11-16/h1-12,22,24,27-28H,13-14H2/t22-,24?/m0/s1. The van der Waals surface area contributed by atoms with Gasteiger partial charge in [-0.1, -0.05) is 18.2 Å². The first-order chi connectivity index (χ1) is 15.2. The zero-order valence-corrected chi connectivity index (χ0v) is 17.4. The molecular weight excluding hydrogens is 413 g/mol. The lowest BCUT2D eigenvalue weighted by molar-refractivity contribution is 0.0957. The molecule has 4 aromatic rings. The van der Waals surface area contributed by atoms with Crippen molar-refractivity contribution in [3.8, 4) is 5.75 Å². The third-order valence-corrected chi connectivity index (χ3v) is 6.59. The van der Waals surface area contributed by atoms with Crippen LogP contribution in [0.1, 0.15) is 26.9 Å². The van der Waals surface area contributed by atoms with Gasteiger partial charge in [-0.2, -0.15) is 0 Å². The van der Waals surface area contributed by atoms with Crippen LogP contribution in [0.3, 0.4) is 0 Å². The number of nitrogens with one attached hydrogen (secondary N) is 2. The maximum atomic E-state index is 13.1. The summed E-state index contributed by atoms with van der Waals surface area (Å²) < 4.78 is 18.9. The van der Waals surface area contributed by atoms with Crippen molar-refractivity contribution < 1.29 is 13.9 Å². The molecule has 5 rings (SSSR count). The van der Waals surface area contributed by atoms with Gasteiger partial charge in [0.05, 0.1) is 11.4 Å². The summed E-state index contributed by atoms with van der Waals surface area (Å²) in [5.41, 5.74) is 3.47. The van der Waals surface area contributed by atoms with Crippen LogP contribution in [-0.2, 0) is 6.61 Å². The second-order valence-corrected chi connectivity index (χ2v) is 8.55. The van der Waals surface area contributed by atoms with Crippen LogP contribution in [0.4, 0.5) is 4.39 Å². The summed E-state index contributed by atoms with van der Waals surface area (Å²) in [7, 11) is 0. The molecule has 156 valence electrons. The summed E-state index contributed by atoms with van der Waals surface area (Å²) in [6, 6.07) is 15.5. The van der Waals surface area contributed by atoms with Gasteiger partial charge in [-0.3, -0.25) is 15.1 Å². The fourth-order valence-electron chi connectivity index (χ4n) is 3.68. The highest BCUT2D eigenvalue weighted by molar-refractivity contribution is 7.99. The van der Waals surface area contributed by atoms with Gasteiger partial charge < -0.3 is 9.72 Å². The van der Waals surface area contributed by atoms with E-state index in [1.807, 2.05) is 36.5 Å². The number of carbonyl (C=O) groups excluding carboxylic acids is 1. The average Bonchev–Trinajstić information content (AvgIpc) is 3.46. The number of ketones is 1. The molecule has 1 aliphatic heterocycles. The van der Waals surface area contributed by atoms with Crippen molar-refractivity contribution in [2.75, 3.05) is 5.75 Å². The van der Waals surface area contributed by atoms with Gasteiger partial charge in [0.15, 0.2) is 5.78 Å². The van der Waals surface area contributed by atoms with E-state index in [0.717, 1.165) is 22.0 Å². The molecule has 2 N–H and O–H groups in total. The molecule has 1 unspecified atom stereocenters. The summed E-state index contributed by atoms with van der Waals surface area (Å²) >= 11 is 1.72. The quantitative estimate of drug-likeness (QED) is 0.425. The Labute approximate surface area is 183 Å². The zero-order chi connectivity index (χ0) is 21.2. The first-order valence-corrected chi connectivity index (χ1v) is 11.0. The second kappa shape index (κ2) is 8.53. The van der Waals surface area contributed by atoms with Gasteiger partial charge in [0.2, 0.25) is 0 Å². The van der Waals surface area contributed by atoms with Gasteiger partial charge in [-0.15, -0.1) is 11.8 Å². The van der Waals surface area contributed by atoms with Crippen molar-refractivity contribution in [1.82, 2.24) is 15.3 Å². The topological polar surface area (TPSA) is 67.0 Å². The summed E-state index contributed by atoms with van der Waals surface area (Å²) in [4.78, 5) is 20.5. The van der Waals surface area contributed by atoms with E-state index in [0.29, 0.717) is 23.7 Å². The van der Waals surface area contributed by atoms with Crippen molar-refractivity contribution in [1.29, 1.82) is 0 Å². The Kier molecular flexibility index (Phi) is 5.44. The molecule has 0 saturated carbocycles. The third-order valence-electron chi connectivity index (χ3n) is 5.32. The van der Waals surface area contributed by atoms with Crippen LogP contribution in [0.2, 0.25) is 0 Å². The molecule has 1 fully saturated rings. The van der Waals surface area contributed by atoms with Crippen LogP contribution in [0, 0.1) is 5.82 Å². The van der Waals surface area contributed by atoms with E-state index in [2.05, 4.69) is 15.3 Å². The predicted molar refractivity (Wildman–Crippen MR) is 120 cm³/mol. The molecule has 1 aliphatic rings. The maximum Gasteiger partial charge on any atom is 0.182 e. The average molecular weight is 434 g/mol. The highest BCUT2D eigenvalue weighted by Crippen LogP contribution is 2.34. The summed E-state index contributed by atoms with van der Waals surface area (Å²) in [6.45, 7) is 0.344. The molecule has 3 heterocycles. The van der Waals surface area contributed by atoms with Crippen molar-refractivity contribution in [3.05, 3.63) is 95.7 Å². The molecule has 0 aliphatic carbocycles. The predicted octanol–water partition coefficient (Wildman–Crippen LogP) is 4.87. The minimum Gasteiger partial charge on any atom is -0.489 e. The van der Waals surface area contributed by atoms with Gasteiger partial charge >= 0.3 is 0 Å². The van der Waals surface area contributed by atoms with Crippen molar-refractivity contribution >= 4 is 28.4 Å². The lowest BCUT2D eigenvalue weighted by atomic mass is 10.0. The van der Waals surface area contributed by atoms with E-state index < -0.39 is 0 Å². The lowest BCUT2D eigenvalue weighted by Gasteiger charge is -2.12. The largest absolute Gasteiger partial charge is 0.489 e. The minimum atomic E-state index is -0.268. The molecular formula is C24H20FN3O2S. The Morgan fingerprint density at radius 1 is 1.19 bits per heavy atom. The Morgan fingerprint density at radius 3 is 2.87 bits per heavy atom. The van der Waals surface area contributed by atoms with Gasteiger partial charge in [-0.25, -0.2) is 4.39 Å². The summed E-state index contributed by atoms with van der Waals surface area (Å²) in [6.07, 6.45) is 5.34. The number of pyridine rings is 1. The van der Waals surface area contributed by atoms with E-state index in [9.17, 15) is 9.18 Å². The molecule has 0 radical (unpaired) electrons. The van der Waals surface area contributed by atoms with Gasteiger partial charge in [0.25, 0.3) is 0 Å². The number of thioether (sulfide) groups is 1. The SMILES string of the molecule is O=C(c1c[nH]c2cc(OCc3ccc(F)cc3)ccc12)[C@@H]1CSC(c2cccnc2)N1. The van der Waals surface area contributed by atoms with Gasteiger partial charge in [-0.05, 0) is 41.5 Å². The Hall–Kier alpha value is -3.16. The third kappa shape index (κ3) is 4.19. The summed E-state index contributed by atoms with van der Waals surface area (Å²) in [5, 5.41) is 4.36. The number of ether oxygens (including phenoxy) is 1. The second-order valence-electron chi connectivity index (χ2n) is 7.41. The lowest BCUT2D eigenvalue weighted by Crippen LogP contribution is -2.34. The van der Waals surface area contributed by atoms with Gasteiger partial charge in [0.1, 0.15) is 18.2 Å². The number of rotatable bonds is 6. The molecule has 0 spiro atoms. The highest BCUT2D eigenvalue weighted by atomic mass is 32.2. The van der Waals surface area contributed by atoms with Crippen molar-refractivity contribution in [2.24, 2.45) is 0 Å². The van der Waals surface area contributed by atoms with E-state index in [-0.39, 0.29) is 23.0 Å². The van der Waals surface area contributed by atoms with E-state index in [4.69, 9.17) is 4.74 Å². The number of carbonyl (C=O) groups is 1. The molecule has 31 heavy (non-hydrogen) atoms. The van der Waals surface area contributed by atoms with Crippen molar-refractivity contribution in [2.45, 2.75) is 18.0 Å². The number of aromatic nitrogens is 2. The van der Waals surface area contributed by atoms with E-state index >= 15 is 0 Å². The van der Waals surface area contributed by atoms with Crippen LogP contribution in [0.25, 0.3) is 10.9 Å². The first kappa shape index (κ1) is 19.8. The zero-order valence-electron chi connectivity index (χ0n) is 16.5. The van der Waals surface area contributed by atoms with Crippen LogP contribution in [-0.4, -0.2) is 27.5 Å². The number of Topliss-reactive ketones (excluding diaryl/α,β-unsaturated/α-hetero) is 1. The van der Waals surface area contributed by atoms with Crippen molar-refractivity contribution in [3.63, 3.8) is 0 Å². The highest BCUT2D eigenvalue weighted by Gasteiger charge is 2.32. The Morgan fingerprint density at radius 2 is 2.06 bits per heavy atom. The van der Waals surface area contributed by atoms with Crippen LogP contribution in [0.5, 0.6) is 5.75 Å². The number of halogens is 1. The van der Waals surface area contributed by atoms with Gasteiger partial charge in [0, 0.05) is 46.9 Å². The number of hydrogen-bond donors (Lipinski definition) is 2. The number of benzene rings is 2. The fourth-order valence-corrected chi connectivity index (χ4v) is 4.91. The maximum absolute atomic E-state index is 13.1. The fraction of sp³-hybridized carbons (Fsp3) is 0.167.